The number of nitrogens with zero attached hydrogens (tertiary/aromatic N) is 1. The molecule has 1 unspecified atom stereocenters. The van der Waals surface area contributed by atoms with Crippen molar-refractivity contribution in [2.75, 3.05) is 52.5 Å². The van der Waals surface area contributed by atoms with Gasteiger partial charge in [0.05, 0.1) is 19.1 Å². The molecule has 0 spiro atoms. The van der Waals surface area contributed by atoms with E-state index in [4.69, 9.17) is 4.74 Å². The Kier molecular flexibility index (Phi) is 6.61. The quantitative estimate of drug-likeness (QED) is 0.677. The molecule has 0 aromatic rings. The molecule has 1 amide bonds. The van der Waals surface area contributed by atoms with Crippen molar-refractivity contribution in [3.05, 3.63) is 0 Å². The molecule has 2 N–H and O–H groups in total. The normalized spacial score (nSPS) is 25.2. The molecule has 2 fully saturated rings. The molecule has 2 heterocycles. The number of unbranched alkanes of at least 4 members (excludes halogenated alkanes) is 1. The first kappa shape index (κ1) is 14.8. The number of nitrogens with one attached hydrogen (secondary N) is 2. The summed E-state index contributed by atoms with van der Waals surface area (Å²) < 4.78 is 5.32. The van der Waals surface area contributed by atoms with Gasteiger partial charge in [-0.05, 0) is 38.8 Å². The highest BCUT2D eigenvalue weighted by atomic mass is 16.5. The molecule has 0 aromatic heterocycles. The fourth-order valence-electron chi connectivity index (χ4n) is 2.72. The van der Waals surface area contributed by atoms with E-state index < -0.39 is 0 Å². The van der Waals surface area contributed by atoms with Crippen molar-refractivity contribution in [1.29, 1.82) is 0 Å². The molecule has 5 nitrogen and oxygen atoms in total. The van der Waals surface area contributed by atoms with E-state index in [0.717, 1.165) is 78.2 Å². The molecule has 0 aromatic carbocycles. The summed E-state index contributed by atoms with van der Waals surface area (Å²) in [4.78, 5) is 14.3. The van der Waals surface area contributed by atoms with Crippen molar-refractivity contribution in [1.82, 2.24) is 15.5 Å². The van der Waals surface area contributed by atoms with Gasteiger partial charge in [-0.3, -0.25) is 9.69 Å². The van der Waals surface area contributed by atoms with Crippen LogP contribution in [0.3, 0.4) is 0 Å². The van der Waals surface area contributed by atoms with E-state index in [1.165, 1.54) is 0 Å². The van der Waals surface area contributed by atoms with Crippen LogP contribution in [0, 0.1) is 5.92 Å². The molecule has 2 saturated heterocycles. The third-order valence-corrected chi connectivity index (χ3v) is 3.97. The van der Waals surface area contributed by atoms with Crippen LogP contribution in [0.25, 0.3) is 0 Å². The standard InChI is InChI=1S/C14H27N3O2/c18-14(13-4-3-5-15-12-13)16-6-1-2-7-17-8-10-19-11-9-17/h13,15H,1-12H2,(H,16,18). The maximum Gasteiger partial charge on any atom is 0.224 e. The lowest BCUT2D eigenvalue weighted by molar-refractivity contribution is -0.125. The lowest BCUT2D eigenvalue weighted by atomic mass is 9.99. The second-order valence-electron chi connectivity index (χ2n) is 5.50. The van der Waals surface area contributed by atoms with Gasteiger partial charge in [-0.2, -0.15) is 0 Å². The molecule has 2 aliphatic heterocycles. The highest BCUT2D eigenvalue weighted by molar-refractivity contribution is 5.78. The zero-order valence-corrected chi connectivity index (χ0v) is 11.8. The van der Waals surface area contributed by atoms with Crippen LogP contribution in [-0.4, -0.2) is 63.3 Å². The number of hydrogen-bond donors (Lipinski definition) is 2. The summed E-state index contributed by atoms with van der Waals surface area (Å²) >= 11 is 0. The minimum atomic E-state index is 0.188. The third kappa shape index (κ3) is 5.47. The van der Waals surface area contributed by atoms with Crippen molar-refractivity contribution in [3.8, 4) is 0 Å². The van der Waals surface area contributed by atoms with Gasteiger partial charge >= 0.3 is 0 Å². The van der Waals surface area contributed by atoms with Crippen molar-refractivity contribution < 1.29 is 9.53 Å². The zero-order valence-electron chi connectivity index (χ0n) is 11.8. The molecule has 0 bridgehead atoms. The summed E-state index contributed by atoms with van der Waals surface area (Å²) in [6.45, 7) is 7.70. The van der Waals surface area contributed by atoms with Gasteiger partial charge in [-0.25, -0.2) is 0 Å². The van der Waals surface area contributed by atoms with E-state index in [2.05, 4.69) is 15.5 Å². The van der Waals surface area contributed by atoms with Crippen LogP contribution >= 0.6 is 0 Å². The Bertz CT molecular complexity index is 261. The Hall–Kier alpha value is -0.650. The smallest absolute Gasteiger partial charge is 0.224 e. The van der Waals surface area contributed by atoms with Crippen LogP contribution in [0.15, 0.2) is 0 Å². The zero-order chi connectivity index (χ0) is 13.3. The van der Waals surface area contributed by atoms with Crippen molar-refractivity contribution in [3.63, 3.8) is 0 Å². The van der Waals surface area contributed by atoms with Gasteiger partial charge < -0.3 is 15.4 Å². The van der Waals surface area contributed by atoms with Crippen LogP contribution in [0.2, 0.25) is 0 Å². The van der Waals surface area contributed by atoms with Gasteiger partial charge in [0.1, 0.15) is 0 Å². The predicted molar refractivity (Wildman–Crippen MR) is 75.1 cm³/mol. The van der Waals surface area contributed by atoms with Crippen LogP contribution < -0.4 is 10.6 Å². The second kappa shape index (κ2) is 8.51. The van der Waals surface area contributed by atoms with E-state index >= 15 is 0 Å². The summed E-state index contributed by atoms with van der Waals surface area (Å²) in [5, 5.41) is 6.35. The van der Waals surface area contributed by atoms with E-state index in [0.29, 0.717) is 0 Å². The summed E-state index contributed by atoms with van der Waals surface area (Å²) in [5.74, 6) is 0.423. The summed E-state index contributed by atoms with van der Waals surface area (Å²) in [6.07, 6.45) is 4.38. The number of hydrogen-bond acceptors (Lipinski definition) is 4. The molecule has 2 rings (SSSR count). The van der Waals surface area contributed by atoms with Gasteiger partial charge in [0, 0.05) is 26.2 Å². The van der Waals surface area contributed by atoms with Gasteiger partial charge in [-0.15, -0.1) is 0 Å². The van der Waals surface area contributed by atoms with Crippen LogP contribution in [0.5, 0.6) is 0 Å². The summed E-state index contributed by atoms with van der Waals surface area (Å²) in [5.41, 5.74) is 0. The number of piperidine rings is 1. The minimum absolute atomic E-state index is 0.188. The van der Waals surface area contributed by atoms with Gasteiger partial charge in [0.25, 0.3) is 0 Å². The van der Waals surface area contributed by atoms with E-state index in [1.54, 1.807) is 0 Å². The van der Waals surface area contributed by atoms with Crippen molar-refractivity contribution in [2.45, 2.75) is 25.7 Å². The Labute approximate surface area is 116 Å². The average Bonchev–Trinajstić information content (AvgIpc) is 2.49. The Balaban J connectivity index is 1.47. The van der Waals surface area contributed by atoms with Gasteiger partial charge in [0.15, 0.2) is 0 Å². The first-order chi connectivity index (χ1) is 9.36. The molecule has 0 aliphatic carbocycles. The SMILES string of the molecule is O=C(NCCCCN1CCOCC1)C1CCCNC1. The molecule has 2 aliphatic rings. The molecule has 110 valence electrons. The monoisotopic (exact) mass is 269 g/mol. The molecule has 0 radical (unpaired) electrons. The topological polar surface area (TPSA) is 53.6 Å². The Morgan fingerprint density at radius 2 is 2.16 bits per heavy atom. The van der Waals surface area contributed by atoms with Crippen molar-refractivity contribution in [2.24, 2.45) is 5.92 Å². The maximum absolute atomic E-state index is 11.9. The summed E-state index contributed by atoms with van der Waals surface area (Å²) in [6, 6.07) is 0. The Morgan fingerprint density at radius 1 is 1.32 bits per heavy atom. The number of ether oxygens (including phenoxy) is 1. The minimum Gasteiger partial charge on any atom is -0.379 e. The number of carbonyl (C=O) groups is 1. The fourth-order valence-corrected chi connectivity index (χ4v) is 2.72. The molecule has 5 heteroatoms. The highest BCUT2D eigenvalue weighted by Crippen LogP contribution is 2.09. The maximum atomic E-state index is 11.9. The highest BCUT2D eigenvalue weighted by Gasteiger charge is 2.20. The van der Waals surface area contributed by atoms with Crippen LogP contribution in [0.4, 0.5) is 0 Å². The van der Waals surface area contributed by atoms with Crippen molar-refractivity contribution >= 4 is 5.91 Å². The van der Waals surface area contributed by atoms with Gasteiger partial charge in [0.2, 0.25) is 5.91 Å². The number of morpholine rings is 1. The fraction of sp³-hybridized carbons (Fsp3) is 0.929. The lowest BCUT2D eigenvalue weighted by Crippen LogP contribution is -2.41. The Morgan fingerprint density at radius 3 is 2.89 bits per heavy atom. The largest absolute Gasteiger partial charge is 0.379 e. The van der Waals surface area contributed by atoms with Crippen LogP contribution in [0.1, 0.15) is 25.7 Å². The first-order valence-electron chi connectivity index (χ1n) is 7.65. The summed E-state index contributed by atoms with van der Waals surface area (Å²) in [7, 11) is 0. The van der Waals surface area contributed by atoms with Crippen LogP contribution in [-0.2, 0) is 9.53 Å². The second-order valence-corrected chi connectivity index (χ2v) is 5.50. The van der Waals surface area contributed by atoms with E-state index in [1.807, 2.05) is 0 Å². The first-order valence-corrected chi connectivity index (χ1v) is 7.65. The lowest BCUT2D eigenvalue weighted by Gasteiger charge is -2.26. The number of amides is 1. The average molecular weight is 269 g/mol. The number of carbonyl (C=O) groups excluding carboxylic acids is 1. The van der Waals surface area contributed by atoms with E-state index in [-0.39, 0.29) is 11.8 Å². The van der Waals surface area contributed by atoms with E-state index in [9.17, 15) is 4.79 Å². The molecular weight excluding hydrogens is 242 g/mol. The molecule has 0 saturated carbocycles. The molecular formula is C14H27N3O2. The predicted octanol–water partition coefficient (Wildman–Crippen LogP) is 0.215. The molecule has 19 heavy (non-hydrogen) atoms. The molecule has 1 atom stereocenters. The van der Waals surface area contributed by atoms with Gasteiger partial charge in [-0.1, -0.05) is 0 Å². The number of rotatable bonds is 6. The third-order valence-electron chi connectivity index (χ3n) is 3.97.